The third kappa shape index (κ3) is 9.88. The fourth-order valence-corrected chi connectivity index (χ4v) is 10.0. The molecule has 7 amide bonds. The van der Waals surface area contributed by atoms with Gasteiger partial charge in [-0.25, -0.2) is 0 Å². The maximum absolute atomic E-state index is 14.1. The van der Waals surface area contributed by atoms with E-state index in [1.54, 1.807) is 23.7 Å². The number of unbranched alkanes of at least 4 members (excludes halogenated alkanes) is 3. The quantitative estimate of drug-likeness (QED) is 0.0406. The molecule has 1 unspecified atom stereocenters. The van der Waals surface area contributed by atoms with Gasteiger partial charge < -0.3 is 40.6 Å². The zero-order valence-corrected chi connectivity index (χ0v) is 38.3. The van der Waals surface area contributed by atoms with Crippen LogP contribution in [0, 0.1) is 5.92 Å². The smallest absolute Gasteiger partial charge is 0.274 e. The van der Waals surface area contributed by atoms with Crippen molar-refractivity contribution in [1.29, 1.82) is 0 Å². The number of aromatic amines is 1. The first-order valence-corrected chi connectivity index (χ1v) is 24.3. The molecule has 2 aromatic heterocycles. The summed E-state index contributed by atoms with van der Waals surface area (Å²) >= 11 is 1.62. The second-order valence-electron chi connectivity index (χ2n) is 17.7. The zero-order valence-electron chi connectivity index (χ0n) is 37.4. The number of nitrogens with zero attached hydrogens (tertiary/aromatic N) is 3. The number of thioether (sulfide) groups is 1. The molecular formula is C48H57N9O8S. The topological polar surface area (TPSA) is 224 Å². The Bertz CT molecular complexity index is 2650. The van der Waals surface area contributed by atoms with E-state index in [2.05, 4.69) is 42.5 Å². The maximum atomic E-state index is 14.1. The van der Waals surface area contributed by atoms with Crippen LogP contribution >= 0.6 is 11.8 Å². The van der Waals surface area contributed by atoms with Crippen LogP contribution in [-0.2, 0) is 51.5 Å². The monoisotopic (exact) mass is 919 g/mol. The molecule has 3 aliphatic heterocycles. The van der Waals surface area contributed by atoms with E-state index >= 15 is 0 Å². The Morgan fingerprint density at radius 2 is 1.64 bits per heavy atom. The van der Waals surface area contributed by atoms with Crippen molar-refractivity contribution in [2.75, 3.05) is 43.9 Å². The van der Waals surface area contributed by atoms with Gasteiger partial charge >= 0.3 is 0 Å². The number of pyridine rings is 1. The Labute approximate surface area is 386 Å². The van der Waals surface area contributed by atoms with Crippen LogP contribution in [0.1, 0.15) is 111 Å². The molecule has 4 aromatic rings. The minimum absolute atomic E-state index is 0.118. The molecule has 5 heterocycles. The Morgan fingerprint density at radius 1 is 0.848 bits per heavy atom. The van der Waals surface area contributed by atoms with Crippen molar-refractivity contribution in [1.82, 2.24) is 41.0 Å². The number of carbonyl (C=O) groups is 7. The minimum atomic E-state index is -0.645. The summed E-state index contributed by atoms with van der Waals surface area (Å²) in [4.78, 5) is 109. The molecule has 66 heavy (non-hydrogen) atoms. The number of imide groups is 1. The van der Waals surface area contributed by atoms with Gasteiger partial charge in [-0.15, -0.1) is 0 Å². The molecule has 17 nitrogen and oxygen atoms in total. The highest BCUT2D eigenvalue weighted by Crippen LogP contribution is 2.45. The standard InChI is InChI=1S/C48H57N9O8S/c1-55-23-35-33-20-30(26-66-2)32(44(61)51-16-6-4-3-5-8-29-9-7-10-31-34(29)25-57(47(31)64)37-13-14-40(60)53-45(37)62)21-38(33)56(22-28-11-12-28)24-36-41(35)43(48(55)65)54-42(36)46(63)52-19-18-50-39(59)15-17-49-27-58/h7,9-10,20-21,23,27-28,37,54H,3-6,8,11-19,22,24-26H2,1-2H3,(H,49,58)(H,50,59)(H,51,61)(H,52,63)(H,53,60,62). The van der Waals surface area contributed by atoms with Crippen molar-refractivity contribution >= 4 is 70.2 Å². The summed E-state index contributed by atoms with van der Waals surface area (Å²) in [5, 5.41) is 14.3. The first-order chi connectivity index (χ1) is 32.0. The van der Waals surface area contributed by atoms with Gasteiger partial charge in [0, 0.05) is 117 Å². The molecule has 0 radical (unpaired) electrons. The molecule has 2 fully saturated rings. The highest BCUT2D eigenvalue weighted by Gasteiger charge is 2.40. The molecule has 6 N–H and O–H groups in total. The summed E-state index contributed by atoms with van der Waals surface area (Å²) < 4.78 is 1.52. The van der Waals surface area contributed by atoms with Crippen LogP contribution in [0.15, 0.2) is 41.3 Å². The van der Waals surface area contributed by atoms with Crippen LogP contribution in [0.2, 0.25) is 0 Å². The maximum Gasteiger partial charge on any atom is 0.274 e. The Kier molecular flexibility index (Phi) is 14.2. The van der Waals surface area contributed by atoms with Gasteiger partial charge in [0.25, 0.3) is 23.3 Å². The summed E-state index contributed by atoms with van der Waals surface area (Å²) in [5.74, 6) is -0.650. The van der Waals surface area contributed by atoms with Crippen LogP contribution in [-0.4, -0.2) is 101 Å². The predicted molar refractivity (Wildman–Crippen MR) is 251 cm³/mol. The van der Waals surface area contributed by atoms with Crippen LogP contribution in [0.5, 0.6) is 0 Å². The number of amides is 7. The second-order valence-corrected chi connectivity index (χ2v) is 18.5. The Hall–Kier alpha value is -6.43. The predicted octanol–water partition coefficient (Wildman–Crippen LogP) is 3.40. The fourth-order valence-electron chi connectivity index (χ4n) is 9.47. The molecule has 1 aliphatic carbocycles. The number of anilines is 1. The van der Waals surface area contributed by atoms with E-state index in [4.69, 9.17) is 0 Å². The van der Waals surface area contributed by atoms with Gasteiger partial charge in [0.15, 0.2) is 0 Å². The molecule has 1 saturated heterocycles. The third-order valence-corrected chi connectivity index (χ3v) is 13.6. The van der Waals surface area contributed by atoms with Gasteiger partial charge in [0.1, 0.15) is 17.3 Å². The molecule has 1 saturated carbocycles. The van der Waals surface area contributed by atoms with Crippen molar-refractivity contribution in [2.45, 2.75) is 89.1 Å². The average molecular weight is 920 g/mol. The van der Waals surface area contributed by atoms with Crippen molar-refractivity contribution in [3.63, 3.8) is 0 Å². The zero-order chi connectivity index (χ0) is 46.5. The Balaban J connectivity index is 0.930. The minimum Gasteiger partial charge on any atom is -0.366 e. The lowest BCUT2D eigenvalue weighted by Crippen LogP contribution is -2.52. The van der Waals surface area contributed by atoms with Crippen LogP contribution in [0.4, 0.5) is 5.69 Å². The van der Waals surface area contributed by atoms with Gasteiger partial charge in [-0.1, -0.05) is 25.0 Å². The SMILES string of the molecule is CSCc1cc2c(cc1C(=O)NCCCCCCc1cccc3c1CN(C1CCC(=O)NC1=O)C3=O)N(CC1CC1)Cc1c(C(=O)NCCNC(=O)CCNC=O)[nH]c3c(=O)n(C)cc-2c13. The van der Waals surface area contributed by atoms with Crippen molar-refractivity contribution < 1.29 is 33.6 Å². The third-order valence-electron chi connectivity index (χ3n) is 13.0. The molecule has 0 spiro atoms. The number of hydrogen-bond donors (Lipinski definition) is 6. The number of aromatic nitrogens is 2. The summed E-state index contributed by atoms with van der Waals surface area (Å²) in [7, 11) is 1.69. The molecule has 8 rings (SSSR count). The van der Waals surface area contributed by atoms with E-state index in [1.807, 2.05) is 36.7 Å². The molecule has 18 heteroatoms. The molecule has 4 aliphatic rings. The number of piperidine rings is 1. The van der Waals surface area contributed by atoms with Crippen LogP contribution in [0.3, 0.4) is 0 Å². The summed E-state index contributed by atoms with van der Waals surface area (Å²) in [6.07, 6.45) is 11.5. The number of hydrogen-bond acceptors (Lipinski definition) is 10. The van der Waals surface area contributed by atoms with Crippen molar-refractivity contribution in [3.05, 3.63) is 86.0 Å². The van der Waals surface area contributed by atoms with E-state index in [9.17, 15) is 38.4 Å². The van der Waals surface area contributed by atoms with Crippen LogP contribution < -0.4 is 37.0 Å². The first-order valence-electron chi connectivity index (χ1n) is 22.9. The van der Waals surface area contributed by atoms with Gasteiger partial charge in [-0.3, -0.25) is 43.7 Å². The van der Waals surface area contributed by atoms with Crippen molar-refractivity contribution in [2.24, 2.45) is 13.0 Å². The van der Waals surface area contributed by atoms with Crippen molar-refractivity contribution in [3.8, 4) is 11.1 Å². The van der Waals surface area contributed by atoms with E-state index in [0.717, 1.165) is 85.0 Å². The largest absolute Gasteiger partial charge is 0.366 e. The summed E-state index contributed by atoms with van der Waals surface area (Å²) in [5.41, 5.74) is 7.76. The molecule has 348 valence electrons. The van der Waals surface area contributed by atoms with Gasteiger partial charge in [-0.2, -0.15) is 11.8 Å². The van der Waals surface area contributed by atoms with E-state index in [0.29, 0.717) is 71.7 Å². The normalized spacial score (nSPS) is 16.4. The van der Waals surface area contributed by atoms with E-state index < -0.39 is 17.9 Å². The number of carbonyl (C=O) groups excluding carboxylic acids is 7. The number of aryl methyl sites for hydroxylation is 2. The number of nitrogens with one attached hydrogen (secondary N) is 6. The number of fused-ring (bicyclic) bond motifs is 3. The lowest BCUT2D eigenvalue weighted by molar-refractivity contribution is -0.137. The first kappa shape index (κ1) is 46.1. The van der Waals surface area contributed by atoms with E-state index in [1.165, 1.54) is 4.57 Å². The van der Waals surface area contributed by atoms with Gasteiger partial charge in [-0.05, 0) is 85.6 Å². The fraction of sp³-hybridized carbons (Fsp3) is 0.458. The second kappa shape index (κ2) is 20.4. The van der Waals surface area contributed by atoms with Gasteiger partial charge in [0.05, 0.1) is 0 Å². The molecule has 1 atom stereocenters. The van der Waals surface area contributed by atoms with Crippen LogP contribution in [0.25, 0.3) is 22.0 Å². The molecule has 2 aromatic carbocycles. The highest BCUT2D eigenvalue weighted by molar-refractivity contribution is 7.97. The number of rotatable bonds is 21. The Morgan fingerprint density at radius 3 is 2.41 bits per heavy atom. The average Bonchev–Trinajstić information content (AvgIpc) is 3.98. The summed E-state index contributed by atoms with van der Waals surface area (Å²) in [6.45, 7) is 2.48. The highest BCUT2D eigenvalue weighted by atomic mass is 32.2. The lowest BCUT2D eigenvalue weighted by Gasteiger charge is -2.29. The molecular weight excluding hydrogens is 863 g/mol. The summed E-state index contributed by atoms with van der Waals surface area (Å²) in [6, 6.07) is 9.16. The lowest BCUT2D eigenvalue weighted by atomic mass is 9.95. The number of H-pyrrole nitrogens is 1. The number of benzene rings is 2. The van der Waals surface area contributed by atoms with E-state index in [-0.39, 0.29) is 67.4 Å². The van der Waals surface area contributed by atoms with Gasteiger partial charge in [0.2, 0.25) is 24.1 Å². The molecule has 0 bridgehead atoms.